The summed E-state index contributed by atoms with van der Waals surface area (Å²) in [5, 5.41) is 1.96. The molecule has 1 rings (SSSR count). The van der Waals surface area contributed by atoms with Gasteiger partial charge >= 0.3 is 0 Å². The number of hydrogen-bond acceptors (Lipinski definition) is 3. The second-order valence-corrected chi connectivity index (χ2v) is 3.35. The van der Waals surface area contributed by atoms with Crippen molar-refractivity contribution in [1.82, 2.24) is 4.37 Å². The van der Waals surface area contributed by atoms with E-state index < -0.39 is 0 Å². The van der Waals surface area contributed by atoms with Crippen LogP contribution in [0.3, 0.4) is 0 Å². The first-order chi connectivity index (χ1) is 4.22. The molecule has 0 spiro atoms. The standard InChI is InChI=1S/C6H9NS2/c1-4(2)6-5(8)3-9-7-6/h3-4,8H,1-2H3. The summed E-state index contributed by atoms with van der Waals surface area (Å²) in [5.74, 6) is 0.503. The van der Waals surface area contributed by atoms with Crippen molar-refractivity contribution >= 4 is 24.2 Å². The second-order valence-electron chi connectivity index (χ2n) is 2.24. The number of rotatable bonds is 1. The molecule has 0 N–H and O–H groups in total. The van der Waals surface area contributed by atoms with Crippen molar-refractivity contribution in [1.29, 1.82) is 0 Å². The van der Waals surface area contributed by atoms with Crippen molar-refractivity contribution in [3.05, 3.63) is 11.1 Å². The Morgan fingerprint density at radius 3 is 2.56 bits per heavy atom. The van der Waals surface area contributed by atoms with Crippen molar-refractivity contribution in [2.75, 3.05) is 0 Å². The van der Waals surface area contributed by atoms with Crippen LogP contribution in [0.15, 0.2) is 10.3 Å². The van der Waals surface area contributed by atoms with E-state index in [1.165, 1.54) is 11.5 Å². The zero-order chi connectivity index (χ0) is 6.85. The average Bonchev–Trinajstić information content (AvgIpc) is 2.13. The molecular formula is C6H9NS2. The summed E-state index contributed by atoms with van der Waals surface area (Å²) in [6.07, 6.45) is 0. The van der Waals surface area contributed by atoms with E-state index in [1.54, 1.807) is 0 Å². The normalized spacial score (nSPS) is 10.7. The van der Waals surface area contributed by atoms with Crippen LogP contribution in [0.25, 0.3) is 0 Å². The molecule has 9 heavy (non-hydrogen) atoms. The van der Waals surface area contributed by atoms with Crippen molar-refractivity contribution in [2.24, 2.45) is 0 Å². The van der Waals surface area contributed by atoms with E-state index in [4.69, 9.17) is 0 Å². The molecule has 0 fully saturated rings. The molecule has 0 aliphatic carbocycles. The smallest absolute Gasteiger partial charge is 0.0700 e. The third-order valence-corrected chi connectivity index (χ3v) is 2.30. The molecule has 3 heteroatoms. The molecule has 0 aromatic carbocycles. The minimum Gasteiger partial charge on any atom is -0.196 e. The highest BCUT2D eigenvalue weighted by atomic mass is 32.1. The molecule has 0 amide bonds. The van der Waals surface area contributed by atoms with E-state index in [0.717, 1.165) is 10.6 Å². The lowest BCUT2D eigenvalue weighted by molar-refractivity contribution is 0.818. The Kier molecular flexibility index (Phi) is 2.13. The van der Waals surface area contributed by atoms with Gasteiger partial charge in [0.1, 0.15) is 0 Å². The number of aromatic nitrogens is 1. The van der Waals surface area contributed by atoms with Gasteiger partial charge in [-0.15, -0.1) is 12.6 Å². The topological polar surface area (TPSA) is 12.9 Å². The van der Waals surface area contributed by atoms with Crippen LogP contribution in [0.4, 0.5) is 0 Å². The molecule has 0 radical (unpaired) electrons. The van der Waals surface area contributed by atoms with Gasteiger partial charge in [-0.05, 0) is 17.5 Å². The van der Waals surface area contributed by atoms with Crippen molar-refractivity contribution < 1.29 is 0 Å². The molecule has 0 aliphatic rings. The van der Waals surface area contributed by atoms with E-state index in [1.807, 2.05) is 5.38 Å². The number of nitrogens with zero attached hydrogens (tertiary/aromatic N) is 1. The van der Waals surface area contributed by atoms with E-state index in [-0.39, 0.29) is 0 Å². The summed E-state index contributed by atoms with van der Waals surface area (Å²) >= 11 is 5.70. The third kappa shape index (κ3) is 1.46. The Labute approximate surface area is 64.7 Å². The van der Waals surface area contributed by atoms with E-state index >= 15 is 0 Å². The van der Waals surface area contributed by atoms with Crippen molar-refractivity contribution in [2.45, 2.75) is 24.7 Å². The molecular weight excluding hydrogens is 150 g/mol. The first-order valence-corrected chi connectivity index (χ1v) is 4.13. The van der Waals surface area contributed by atoms with Crippen LogP contribution in [0.1, 0.15) is 25.5 Å². The predicted octanol–water partition coefficient (Wildman–Crippen LogP) is 2.56. The van der Waals surface area contributed by atoms with Gasteiger partial charge in [-0.1, -0.05) is 13.8 Å². The molecule has 0 saturated heterocycles. The van der Waals surface area contributed by atoms with Crippen LogP contribution in [-0.2, 0) is 0 Å². The van der Waals surface area contributed by atoms with Crippen LogP contribution in [0.5, 0.6) is 0 Å². The lowest BCUT2D eigenvalue weighted by atomic mass is 10.1. The van der Waals surface area contributed by atoms with Gasteiger partial charge in [0.25, 0.3) is 0 Å². The number of thiol groups is 1. The van der Waals surface area contributed by atoms with Gasteiger partial charge in [-0.25, -0.2) is 0 Å². The Balaban J connectivity index is 2.94. The predicted molar refractivity (Wildman–Crippen MR) is 43.5 cm³/mol. The van der Waals surface area contributed by atoms with Crippen LogP contribution >= 0.6 is 24.2 Å². The highest BCUT2D eigenvalue weighted by molar-refractivity contribution is 7.80. The molecule has 1 aromatic heterocycles. The lowest BCUT2D eigenvalue weighted by Crippen LogP contribution is -1.86. The molecule has 50 valence electrons. The Morgan fingerprint density at radius 1 is 1.67 bits per heavy atom. The van der Waals surface area contributed by atoms with Crippen LogP contribution < -0.4 is 0 Å². The molecule has 0 unspecified atom stereocenters. The van der Waals surface area contributed by atoms with Gasteiger partial charge in [0.05, 0.1) is 5.69 Å². The summed E-state index contributed by atoms with van der Waals surface area (Å²) in [5.41, 5.74) is 1.11. The third-order valence-electron chi connectivity index (χ3n) is 1.12. The Bertz CT molecular complexity index is 193. The molecule has 0 bridgehead atoms. The fourth-order valence-corrected chi connectivity index (χ4v) is 1.85. The fraction of sp³-hybridized carbons (Fsp3) is 0.500. The van der Waals surface area contributed by atoms with Gasteiger partial charge in [0.2, 0.25) is 0 Å². The molecule has 1 nitrogen and oxygen atoms in total. The van der Waals surface area contributed by atoms with E-state index in [2.05, 4.69) is 30.8 Å². The largest absolute Gasteiger partial charge is 0.196 e. The zero-order valence-corrected chi connectivity index (χ0v) is 7.17. The first kappa shape index (κ1) is 7.09. The van der Waals surface area contributed by atoms with Crippen molar-refractivity contribution in [3.63, 3.8) is 0 Å². The second kappa shape index (κ2) is 2.71. The lowest BCUT2D eigenvalue weighted by Gasteiger charge is -1.98. The minimum absolute atomic E-state index is 0.503. The summed E-state index contributed by atoms with van der Waals surface area (Å²) < 4.78 is 4.18. The van der Waals surface area contributed by atoms with Crippen LogP contribution in [0, 0.1) is 0 Å². The van der Waals surface area contributed by atoms with Crippen LogP contribution in [0.2, 0.25) is 0 Å². The number of hydrogen-bond donors (Lipinski definition) is 1. The highest BCUT2D eigenvalue weighted by Crippen LogP contribution is 2.22. The molecule has 1 heterocycles. The Hall–Kier alpha value is -0.0200. The zero-order valence-electron chi connectivity index (χ0n) is 5.46. The molecule has 1 aromatic rings. The summed E-state index contributed by atoms with van der Waals surface area (Å²) in [4.78, 5) is 1.02. The summed E-state index contributed by atoms with van der Waals surface area (Å²) in [6.45, 7) is 4.24. The molecule has 0 saturated carbocycles. The van der Waals surface area contributed by atoms with E-state index in [0.29, 0.717) is 5.92 Å². The van der Waals surface area contributed by atoms with E-state index in [9.17, 15) is 0 Å². The quantitative estimate of drug-likeness (QED) is 0.621. The Morgan fingerprint density at radius 2 is 2.33 bits per heavy atom. The molecule has 0 atom stereocenters. The van der Waals surface area contributed by atoms with Gasteiger partial charge in [-0.2, -0.15) is 4.37 Å². The monoisotopic (exact) mass is 159 g/mol. The van der Waals surface area contributed by atoms with Gasteiger partial charge < -0.3 is 0 Å². The SMILES string of the molecule is CC(C)c1nscc1S. The summed E-state index contributed by atoms with van der Waals surface area (Å²) in [7, 11) is 0. The maximum Gasteiger partial charge on any atom is 0.0700 e. The fourth-order valence-electron chi connectivity index (χ4n) is 0.641. The summed E-state index contributed by atoms with van der Waals surface area (Å²) in [6, 6.07) is 0. The maximum absolute atomic E-state index is 4.24. The molecule has 0 aliphatic heterocycles. The van der Waals surface area contributed by atoms with Gasteiger partial charge in [-0.3, -0.25) is 0 Å². The van der Waals surface area contributed by atoms with Crippen LogP contribution in [-0.4, -0.2) is 4.37 Å². The highest BCUT2D eigenvalue weighted by Gasteiger charge is 2.04. The van der Waals surface area contributed by atoms with Gasteiger partial charge in [0.15, 0.2) is 0 Å². The van der Waals surface area contributed by atoms with Gasteiger partial charge in [0, 0.05) is 10.3 Å². The minimum atomic E-state index is 0.503. The average molecular weight is 159 g/mol. The maximum atomic E-state index is 4.24. The van der Waals surface area contributed by atoms with Crippen molar-refractivity contribution in [3.8, 4) is 0 Å². The first-order valence-electron chi connectivity index (χ1n) is 2.85.